The van der Waals surface area contributed by atoms with E-state index in [0.29, 0.717) is 6.54 Å². The molecule has 102 valence electrons. The van der Waals surface area contributed by atoms with Gasteiger partial charge < -0.3 is 5.73 Å². The number of nitrogens with two attached hydrogens (primary N) is 1. The molecule has 0 aliphatic carbocycles. The molecule has 0 atom stereocenters. The van der Waals surface area contributed by atoms with Crippen LogP contribution in [-0.2, 0) is 13.1 Å². The molecule has 1 aliphatic heterocycles. The first-order valence-electron chi connectivity index (χ1n) is 6.54. The fraction of sp³-hybridized carbons (Fsp3) is 0.833. The molecule has 6 nitrogen and oxygen atoms in total. The third-order valence-corrected chi connectivity index (χ3v) is 3.84. The monoisotopic (exact) mass is 252 g/mol. The maximum absolute atomic E-state index is 5.52. The van der Waals surface area contributed by atoms with Crippen LogP contribution in [0.25, 0.3) is 0 Å². The van der Waals surface area contributed by atoms with Crippen molar-refractivity contribution in [1.82, 2.24) is 24.8 Å². The fourth-order valence-electron chi connectivity index (χ4n) is 2.32. The maximum Gasteiger partial charge on any atom is 0.0962 e. The van der Waals surface area contributed by atoms with Gasteiger partial charge in [0.25, 0.3) is 0 Å². The van der Waals surface area contributed by atoms with E-state index in [1.165, 1.54) is 0 Å². The number of aromatic nitrogens is 3. The van der Waals surface area contributed by atoms with Crippen LogP contribution in [0.15, 0.2) is 6.20 Å². The molecule has 0 spiro atoms. The summed E-state index contributed by atoms with van der Waals surface area (Å²) < 4.78 is 1.88. The molecule has 18 heavy (non-hydrogen) atoms. The molecular formula is C12H24N6. The van der Waals surface area contributed by atoms with Crippen LogP contribution < -0.4 is 5.73 Å². The molecular weight excluding hydrogens is 228 g/mol. The van der Waals surface area contributed by atoms with Crippen LogP contribution in [0.4, 0.5) is 0 Å². The van der Waals surface area contributed by atoms with Crippen molar-refractivity contribution in [3.05, 3.63) is 11.9 Å². The molecule has 6 heteroatoms. The first-order chi connectivity index (χ1) is 8.51. The van der Waals surface area contributed by atoms with E-state index in [9.17, 15) is 0 Å². The van der Waals surface area contributed by atoms with Crippen molar-refractivity contribution in [3.63, 3.8) is 0 Å². The number of piperazine rings is 1. The van der Waals surface area contributed by atoms with Gasteiger partial charge in [0.05, 0.1) is 12.2 Å². The van der Waals surface area contributed by atoms with E-state index in [1.807, 2.05) is 10.9 Å². The summed E-state index contributed by atoms with van der Waals surface area (Å²) in [5.41, 5.74) is 6.63. The number of hydrogen-bond donors (Lipinski definition) is 1. The van der Waals surface area contributed by atoms with Crippen molar-refractivity contribution in [1.29, 1.82) is 0 Å². The standard InChI is InChI=1S/C12H24N6/c1-12(2)10-17(5-4-16(12)3)6-7-18-9-11(8-13)14-15-18/h9H,4-8,10,13H2,1-3H3. The van der Waals surface area contributed by atoms with Gasteiger partial charge in [0.2, 0.25) is 0 Å². The number of nitrogens with zero attached hydrogens (tertiary/aromatic N) is 5. The highest BCUT2D eigenvalue weighted by Crippen LogP contribution is 2.18. The van der Waals surface area contributed by atoms with Crippen LogP contribution in [0, 0.1) is 0 Å². The van der Waals surface area contributed by atoms with Gasteiger partial charge >= 0.3 is 0 Å². The Morgan fingerprint density at radius 2 is 2.11 bits per heavy atom. The van der Waals surface area contributed by atoms with Crippen LogP contribution in [-0.4, -0.2) is 63.6 Å². The fourth-order valence-corrected chi connectivity index (χ4v) is 2.32. The van der Waals surface area contributed by atoms with Crippen LogP contribution in [0.1, 0.15) is 19.5 Å². The Morgan fingerprint density at radius 3 is 2.72 bits per heavy atom. The smallest absolute Gasteiger partial charge is 0.0962 e. The van der Waals surface area contributed by atoms with Gasteiger partial charge in [-0.2, -0.15) is 0 Å². The highest BCUT2D eigenvalue weighted by molar-refractivity contribution is 4.91. The van der Waals surface area contributed by atoms with Crippen molar-refractivity contribution in [2.24, 2.45) is 5.73 Å². The van der Waals surface area contributed by atoms with Crippen LogP contribution in [0.3, 0.4) is 0 Å². The van der Waals surface area contributed by atoms with Crippen molar-refractivity contribution in [2.75, 3.05) is 33.2 Å². The summed E-state index contributed by atoms with van der Waals surface area (Å²) in [6, 6.07) is 0. The average Bonchev–Trinajstić information content (AvgIpc) is 2.78. The Balaban J connectivity index is 1.84. The molecule has 1 aromatic rings. The first-order valence-corrected chi connectivity index (χ1v) is 6.54. The van der Waals surface area contributed by atoms with E-state index >= 15 is 0 Å². The van der Waals surface area contributed by atoms with Crippen LogP contribution in [0.5, 0.6) is 0 Å². The van der Waals surface area contributed by atoms with Crippen molar-refractivity contribution >= 4 is 0 Å². The molecule has 0 aromatic carbocycles. The van der Waals surface area contributed by atoms with Crippen LogP contribution >= 0.6 is 0 Å². The summed E-state index contributed by atoms with van der Waals surface area (Å²) >= 11 is 0. The minimum absolute atomic E-state index is 0.253. The Hall–Kier alpha value is -0.980. The maximum atomic E-state index is 5.52. The minimum atomic E-state index is 0.253. The molecule has 0 unspecified atom stereocenters. The molecule has 0 bridgehead atoms. The summed E-state index contributed by atoms with van der Waals surface area (Å²) in [7, 11) is 2.20. The van der Waals surface area contributed by atoms with Gasteiger partial charge in [0, 0.05) is 44.5 Å². The number of rotatable bonds is 4. The van der Waals surface area contributed by atoms with Gasteiger partial charge in [-0.25, -0.2) is 0 Å². The highest BCUT2D eigenvalue weighted by atomic mass is 15.4. The molecule has 1 saturated heterocycles. The molecule has 2 heterocycles. The lowest BCUT2D eigenvalue weighted by Gasteiger charge is -2.45. The Labute approximate surface area is 109 Å². The average molecular weight is 252 g/mol. The Morgan fingerprint density at radius 1 is 1.33 bits per heavy atom. The summed E-state index contributed by atoms with van der Waals surface area (Å²) in [5.74, 6) is 0. The van der Waals surface area contributed by atoms with Crippen LogP contribution in [0.2, 0.25) is 0 Å². The lowest BCUT2D eigenvalue weighted by molar-refractivity contribution is 0.0379. The second kappa shape index (κ2) is 5.34. The largest absolute Gasteiger partial charge is 0.325 e. The zero-order chi connectivity index (χ0) is 13.2. The predicted octanol–water partition coefficient (Wildman–Crippen LogP) is -0.237. The van der Waals surface area contributed by atoms with Gasteiger partial charge in [0.1, 0.15) is 0 Å². The molecule has 1 aliphatic rings. The van der Waals surface area contributed by atoms with E-state index in [4.69, 9.17) is 5.73 Å². The molecule has 2 rings (SSSR count). The van der Waals surface area contributed by atoms with E-state index in [-0.39, 0.29) is 5.54 Å². The van der Waals surface area contributed by atoms with E-state index in [2.05, 4.69) is 41.0 Å². The zero-order valence-electron chi connectivity index (χ0n) is 11.6. The Bertz CT molecular complexity index is 386. The summed E-state index contributed by atoms with van der Waals surface area (Å²) in [4.78, 5) is 4.91. The number of hydrogen-bond acceptors (Lipinski definition) is 5. The summed E-state index contributed by atoms with van der Waals surface area (Å²) in [5, 5.41) is 8.07. The van der Waals surface area contributed by atoms with E-state index in [1.54, 1.807) is 0 Å². The van der Waals surface area contributed by atoms with Gasteiger partial charge in [-0.1, -0.05) is 5.21 Å². The third kappa shape index (κ3) is 3.07. The molecule has 1 fully saturated rings. The predicted molar refractivity (Wildman–Crippen MR) is 71.1 cm³/mol. The minimum Gasteiger partial charge on any atom is -0.325 e. The van der Waals surface area contributed by atoms with Gasteiger partial charge in [-0.15, -0.1) is 5.10 Å². The molecule has 0 saturated carbocycles. The molecule has 2 N–H and O–H groups in total. The second-order valence-electron chi connectivity index (χ2n) is 5.69. The molecule has 0 radical (unpaired) electrons. The highest BCUT2D eigenvalue weighted by Gasteiger charge is 2.30. The number of likely N-dealkylation sites (N-methyl/N-ethyl adjacent to an activating group) is 1. The van der Waals surface area contributed by atoms with E-state index < -0.39 is 0 Å². The second-order valence-corrected chi connectivity index (χ2v) is 5.69. The van der Waals surface area contributed by atoms with Crippen molar-refractivity contribution in [3.8, 4) is 0 Å². The van der Waals surface area contributed by atoms with Gasteiger partial charge in [0.15, 0.2) is 0 Å². The van der Waals surface area contributed by atoms with Gasteiger partial charge in [-0.3, -0.25) is 14.5 Å². The van der Waals surface area contributed by atoms with Gasteiger partial charge in [-0.05, 0) is 20.9 Å². The normalized spacial score (nSPS) is 21.3. The quantitative estimate of drug-likeness (QED) is 0.801. The summed E-state index contributed by atoms with van der Waals surface area (Å²) in [6.07, 6.45) is 1.93. The Kier molecular flexibility index (Phi) is 3.99. The molecule has 1 aromatic heterocycles. The van der Waals surface area contributed by atoms with E-state index in [0.717, 1.165) is 38.4 Å². The van der Waals surface area contributed by atoms with Crippen molar-refractivity contribution in [2.45, 2.75) is 32.5 Å². The summed E-state index contributed by atoms with van der Waals surface area (Å²) in [6.45, 7) is 10.3. The third-order valence-electron chi connectivity index (χ3n) is 3.84. The lowest BCUT2D eigenvalue weighted by atomic mass is 10.00. The topological polar surface area (TPSA) is 63.2 Å². The zero-order valence-corrected chi connectivity index (χ0v) is 11.6. The SMILES string of the molecule is CN1CCN(CCn2cc(CN)nn2)CC1(C)C. The van der Waals surface area contributed by atoms with Crippen molar-refractivity contribution < 1.29 is 0 Å². The lowest BCUT2D eigenvalue weighted by Crippen LogP contribution is -2.57. The molecule has 0 amide bonds. The first kappa shape index (κ1) is 13.5.